The van der Waals surface area contributed by atoms with Crippen LogP contribution < -0.4 is 4.74 Å². The topological polar surface area (TPSA) is 103 Å². The molecule has 0 unspecified atom stereocenters. The molecular weight excluding hydrogens is 382 g/mol. The highest BCUT2D eigenvalue weighted by atomic mass is 32.2. The maximum atomic E-state index is 12.1. The van der Waals surface area contributed by atoms with Crippen molar-refractivity contribution in [2.45, 2.75) is 11.8 Å². The van der Waals surface area contributed by atoms with E-state index in [0.29, 0.717) is 11.3 Å². The highest BCUT2D eigenvalue weighted by Crippen LogP contribution is 2.16. The number of benzene rings is 2. The molecule has 8 heteroatoms. The summed E-state index contributed by atoms with van der Waals surface area (Å²) in [5.41, 5.74) is 1.45. The number of hydrogen-bond donors (Lipinski definition) is 0. The Balaban J connectivity index is 1.88. The van der Waals surface area contributed by atoms with Crippen LogP contribution in [0.2, 0.25) is 0 Å². The van der Waals surface area contributed by atoms with Gasteiger partial charge in [-0.15, -0.1) is 0 Å². The molecule has 2 aromatic carbocycles. The summed E-state index contributed by atoms with van der Waals surface area (Å²) < 4.78 is 39.0. The van der Waals surface area contributed by atoms with Crippen LogP contribution in [0.3, 0.4) is 0 Å². The molecular formula is C20H19NO6S. The highest BCUT2D eigenvalue weighted by Gasteiger charge is 2.14. The van der Waals surface area contributed by atoms with Crippen molar-refractivity contribution >= 4 is 22.2 Å². The van der Waals surface area contributed by atoms with Gasteiger partial charge < -0.3 is 9.47 Å². The molecule has 146 valence electrons. The summed E-state index contributed by atoms with van der Waals surface area (Å²) >= 11 is 0. The van der Waals surface area contributed by atoms with E-state index in [1.54, 1.807) is 42.5 Å². The lowest BCUT2D eigenvalue weighted by molar-refractivity contribution is -0.135. The largest absolute Gasteiger partial charge is 0.491 e. The van der Waals surface area contributed by atoms with E-state index in [2.05, 4.69) is 4.74 Å². The standard InChI is InChI=1S/C20H19NO6S/c1-15-3-9-19(10-4-15)28(23,24)27-12-11-26-18-7-5-16(6-8-18)13-17(14-21)20(22)25-2/h3-10,13H,11-12H2,1-2H3/b17-13+. The first-order valence-electron chi connectivity index (χ1n) is 8.25. The average molecular weight is 401 g/mol. The number of ether oxygens (including phenoxy) is 2. The van der Waals surface area contributed by atoms with Gasteiger partial charge in [-0.05, 0) is 42.8 Å². The predicted octanol–water partition coefficient (Wildman–Crippen LogP) is 2.86. The third kappa shape index (κ3) is 5.94. The van der Waals surface area contributed by atoms with Crippen LogP contribution in [0.15, 0.2) is 59.0 Å². The van der Waals surface area contributed by atoms with Crippen molar-refractivity contribution in [3.05, 3.63) is 65.2 Å². The van der Waals surface area contributed by atoms with Crippen LogP contribution in [0.4, 0.5) is 0 Å². The molecule has 0 aliphatic carbocycles. The Kier molecular flexibility index (Phi) is 7.32. The van der Waals surface area contributed by atoms with Gasteiger partial charge in [0.15, 0.2) is 0 Å². The zero-order valence-electron chi connectivity index (χ0n) is 15.4. The van der Waals surface area contributed by atoms with Gasteiger partial charge in [0, 0.05) is 0 Å². The lowest BCUT2D eigenvalue weighted by atomic mass is 10.1. The van der Waals surface area contributed by atoms with Crippen molar-refractivity contribution in [1.29, 1.82) is 5.26 Å². The summed E-state index contributed by atoms with van der Waals surface area (Å²) in [7, 11) is -2.63. The second kappa shape index (κ2) is 9.69. The molecule has 0 aliphatic rings. The smallest absolute Gasteiger partial charge is 0.348 e. The maximum Gasteiger partial charge on any atom is 0.348 e. The number of carbonyl (C=O) groups is 1. The minimum atomic E-state index is -3.83. The van der Waals surface area contributed by atoms with Crippen LogP contribution in [-0.4, -0.2) is 34.7 Å². The SMILES string of the molecule is COC(=O)/C(C#N)=C/c1ccc(OCCOS(=O)(=O)c2ccc(C)cc2)cc1. The predicted molar refractivity (Wildman–Crippen MR) is 102 cm³/mol. The summed E-state index contributed by atoms with van der Waals surface area (Å²) in [4.78, 5) is 11.5. The fraction of sp³-hybridized carbons (Fsp3) is 0.200. The molecule has 0 saturated carbocycles. The van der Waals surface area contributed by atoms with E-state index in [-0.39, 0.29) is 23.7 Å². The third-order valence-corrected chi connectivity index (χ3v) is 4.94. The number of esters is 1. The van der Waals surface area contributed by atoms with E-state index in [1.807, 2.05) is 6.92 Å². The number of nitriles is 1. The van der Waals surface area contributed by atoms with Gasteiger partial charge in [-0.2, -0.15) is 13.7 Å². The molecule has 28 heavy (non-hydrogen) atoms. The molecule has 0 amide bonds. The molecule has 7 nitrogen and oxygen atoms in total. The van der Waals surface area contributed by atoms with Crippen molar-refractivity contribution in [1.82, 2.24) is 0 Å². The fourth-order valence-electron chi connectivity index (χ4n) is 2.15. The minimum absolute atomic E-state index is 0.0336. The summed E-state index contributed by atoms with van der Waals surface area (Å²) in [5.74, 6) is -0.222. The van der Waals surface area contributed by atoms with Crippen molar-refractivity contribution in [2.75, 3.05) is 20.3 Å². The molecule has 0 spiro atoms. The van der Waals surface area contributed by atoms with E-state index < -0.39 is 16.1 Å². The lowest BCUT2D eigenvalue weighted by Crippen LogP contribution is -2.13. The monoisotopic (exact) mass is 401 g/mol. The van der Waals surface area contributed by atoms with Crippen LogP contribution in [0.1, 0.15) is 11.1 Å². The van der Waals surface area contributed by atoms with Crippen molar-refractivity contribution in [3.63, 3.8) is 0 Å². The molecule has 0 radical (unpaired) electrons. The van der Waals surface area contributed by atoms with E-state index in [0.717, 1.165) is 5.56 Å². The summed E-state index contributed by atoms with van der Waals surface area (Å²) in [5, 5.41) is 8.94. The zero-order valence-corrected chi connectivity index (χ0v) is 16.2. The van der Waals surface area contributed by atoms with Gasteiger partial charge in [-0.3, -0.25) is 4.18 Å². The van der Waals surface area contributed by atoms with Crippen LogP contribution >= 0.6 is 0 Å². The van der Waals surface area contributed by atoms with Gasteiger partial charge in [-0.25, -0.2) is 4.79 Å². The summed E-state index contributed by atoms with van der Waals surface area (Å²) in [6.07, 6.45) is 1.40. The molecule has 0 aliphatic heterocycles. The normalized spacial score (nSPS) is 11.5. The Morgan fingerprint density at radius 1 is 1.07 bits per heavy atom. The molecule has 0 bridgehead atoms. The maximum absolute atomic E-state index is 12.1. The fourth-order valence-corrected chi connectivity index (χ4v) is 3.04. The Bertz CT molecular complexity index is 986. The number of aryl methyl sites for hydroxylation is 1. The Morgan fingerprint density at radius 3 is 2.29 bits per heavy atom. The number of rotatable bonds is 8. The van der Waals surface area contributed by atoms with Crippen molar-refractivity contribution in [3.8, 4) is 11.8 Å². The third-order valence-electron chi connectivity index (χ3n) is 3.62. The molecule has 0 fully saturated rings. The first-order valence-corrected chi connectivity index (χ1v) is 9.65. The van der Waals surface area contributed by atoms with Gasteiger partial charge in [0.2, 0.25) is 0 Å². The second-order valence-corrected chi connectivity index (χ2v) is 7.28. The molecule has 0 aromatic heterocycles. The second-order valence-electron chi connectivity index (χ2n) is 5.67. The van der Waals surface area contributed by atoms with Crippen molar-refractivity contribution < 1.29 is 26.9 Å². The lowest BCUT2D eigenvalue weighted by Gasteiger charge is -2.08. The average Bonchev–Trinajstić information content (AvgIpc) is 2.70. The van der Waals surface area contributed by atoms with Gasteiger partial charge in [0.05, 0.1) is 12.0 Å². The molecule has 0 atom stereocenters. The zero-order chi connectivity index (χ0) is 20.6. The van der Waals surface area contributed by atoms with E-state index >= 15 is 0 Å². The van der Waals surface area contributed by atoms with Crippen LogP contribution in [-0.2, 0) is 23.8 Å². The molecule has 2 rings (SSSR count). The number of nitrogens with zero attached hydrogens (tertiary/aromatic N) is 1. The number of hydrogen-bond acceptors (Lipinski definition) is 7. The summed E-state index contributed by atoms with van der Waals surface area (Å²) in [6.45, 7) is 1.76. The van der Waals surface area contributed by atoms with Crippen LogP contribution in [0.25, 0.3) is 6.08 Å². The Labute approximate surface area is 163 Å². The van der Waals surface area contributed by atoms with Crippen LogP contribution in [0, 0.1) is 18.3 Å². The Morgan fingerprint density at radius 2 is 1.71 bits per heavy atom. The van der Waals surface area contributed by atoms with E-state index in [9.17, 15) is 13.2 Å². The summed E-state index contributed by atoms with van der Waals surface area (Å²) in [6, 6.07) is 14.7. The van der Waals surface area contributed by atoms with Gasteiger partial charge in [0.1, 0.15) is 30.6 Å². The molecule has 2 aromatic rings. The highest BCUT2D eigenvalue weighted by molar-refractivity contribution is 7.86. The van der Waals surface area contributed by atoms with Gasteiger partial charge in [-0.1, -0.05) is 29.8 Å². The molecule has 0 saturated heterocycles. The Hall–Kier alpha value is -3.15. The van der Waals surface area contributed by atoms with Crippen LogP contribution in [0.5, 0.6) is 5.75 Å². The molecule has 0 heterocycles. The number of methoxy groups -OCH3 is 1. The molecule has 0 N–H and O–H groups in total. The minimum Gasteiger partial charge on any atom is -0.491 e. The first-order chi connectivity index (χ1) is 13.4. The first kappa shape index (κ1) is 21.2. The van der Waals surface area contributed by atoms with Crippen molar-refractivity contribution in [2.24, 2.45) is 0 Å². The van der Waals surface area contributed by atoms with E-state index in [1.165, 1.54) is 25.3 Å². The quantitative estimate of drug-likeness (QED) is 0.220. The van der Waals surface area contributed by atoms with Gasteiger partial charge >= 0.3 is 5.97 Å². The number of carbonyl (C=O) groups excluding carboxylic acids is 1. The van der Waals surface area contributed by atoms with E-state index in [4.69, 9.17) is 14.2 Å². The van der Waals surface area contributed by atoms with Gasteiger partial charge in [0.25, 0.3) is 10.1 Å².